The third-order valence-corrected chi connectivity index (χ3v) is 5.09. The average Bonchev–Trinajstić information content (AvgIpc) is 2.85. The number of nitrogens with one attached hydrogen (secondary N) is 2. The number of fused-ring (bicyclic) bond motifs is 1. The molecule has 86 valence electrons. The van der Waals surface area contributed by atoms with Crippen LogP contribution in [0.3, 0.4) is 0 Å². The Balaban J connectivity index is 2.08. The highest BCUT2D eigenvalue weighted by atomic mass is 32.2. The second-order valence-corrected chi connectivity index (χ2v) is 6.27. The number of para-hydroxylation sites is 1. The van der Waals surface area contributed by atoms with E-state index < -0.39 is 0 Å². The smallest absolute Gasteiger partial charge is 0.235 e. The van der Waals surface area contributed by atoms with Gasteiger partial charge in [0.25, 0.3) is 0 Å². The molecular formula is C12H10N2OS2. The largest absolute Gasteiger partial charge is 0.361 e. The van der Waals surface area contributed by atoms with Crippen molar-refractivity contribution in [3.05, 3.63) is 36.0 Å². The summed E-state index contributed by atoms with van der Waals surface area (Å²) in [5.41, 5.74) is 2.22. The molecular weight excluding hydrogens is 252 g/mol. The predicted molar refractivity (Wildman–Crippen MR) is 76.7 cm³/mol. The third-order valence-electron chi connectivity index (χ3n) is 2.66. The Morgan fingerprint density at radius 2 is 2.18 bits per heavy atom. The first-order chi connectivity index (χ1) is 8.24. The van der Waals surface area contributed by atoms with Gasteiger partial charge in [0.2, 0.25) is 5.91 Å². The van der Waals surface area contributed by atoms with Crippen LogP contribution in [0.15, 0.2) is 30.5 Å². The van der Waals surface area contributed by atoms with Crippen molar-refractivity contribution in [2.75, 3.05) is 5.75 Å². The van der Waals surface area contributed by atoms with Crippen LogP contribution in [0.1, 0.15) is 5.56 Å². The fourth-order valence-electron chi connectivity index (χ4n) is 1.86. The zero-order chi connectivity index (χ0) is 11.8. The molecule has 1 atom stereocenters. The summed E-state index contributed by atoms with van der Waals surface area (Å²) in [5.74, 6) is 0.507. The summed E-state index contributed by atoms with van der Waals surface area (Å²) in [7, 11) is -0.262. The zero-order valence-corrected chi connectivity index (χ0v) is 10.5. The van der Waals surface area contributed by atoms with E-state index in [1.165, 1.54) is 5.39 Å². The number of carbonyl (C=O) groups excluding carboxylic acids is 1. The van der Waals surface area contributed by atoms with Gasteiger partial charge in [-0.2, -0.15) is 0 Å². The molecule has 1 saturated heterocycles. The SMILES string of the molecule is O=C1C/S(=C\c2c[nH]c3ccccc23)C(=S)N1. The van der Waals surface area contributed by atoms with Crippen LogP contribution in [0.25, 0.3) is 10.9 Å². The van der Waals surface area contributed by atoms with Crippen molar-refractivity contribution in [2.24, 2.45) is 0 Å². The lowest BCUT2D eigenvalue weighted by atomic mass is 10.2. The Hall–Kier alpha value is -1.46. The van der Waals surface area contributed by atoms with E-state index in [0.717, 1.165) is 11.1 Å². The van der Waals surface area contributed by atoms with E-state index in [4.69, 9.17) is 12.2 Å². The molecule has 1 amide bonds. The van der Waals surface area contributed by atoms with E-state index in [1.807, 2.05) is 24.4 Å². The van der Waals surface area contributed by atoms with Crippen LogP contribution in [0, 0.1) is 0 Å². The van der Waals surface area contributed by atoms with Gasteiger partial charge in [0.1, 0.15) is 4.32 Å². The highest BCUT2D eigenvalue weighted by molar-refractivity contribution is 8.35. The second-order valence-electron chi connectivity index (χ2n) is 3.82. The van der Waals surface area contributed by atoms with Crippen molar-refractivity contribution in [2.45, 2.75) is 0 Å². The molecule has 2 heterocycles. The van der Waals surface area contributed by atoms with Gasteiger partial charge in [0, 0.05) is 22.7 Å². The number of H-pyrrole nitrogens is 1. The first-order valence-electron chi connectivity index (χ1n) is 5.18. The van der Waals surface area contributed by atoms with Crippen molar-refractivity contribution in [1.29, 1.82) is 0 Å². The van der Waals surface area contributed by atoms with Gasteiger partial charge in [-0.15, -0.1) is 10.5 Å². The molecule has 2 aromatic rings. The maximum absolute atomic E-state index is 11.2. The highest BCUT2D eigenvalue weighted by Gasteiger charge is 2.19. The van der Waals surface area contributed by atoms with E-state index in [0.29, 0.717) is 10.1 Å². The van der Waals surface area contributed by atoms with Crippen molar-refractivity contribution in [3.63, 3.8) is 0 Å². The molecule has 1 aliphatic heterocycles. The topological polar surface area (TPSA) is 44.9 Å². The number of aromatic nitrogens is 1. The maximum Gasteiger partial charge on any atom is 0.235 e. The molecule has 0 bridgehead atoms. The van der Waals surface area contributed by atoms with Crippen molar-refractivity contribution < 1.29 is 4.79 Å². The molecule has 1 aromatic heterocycles. The number of rotatable bonds is 1. The molecule has 0 saturated carbocycles. The van der Waals surface area contributed by atoms with Gasteiger partial charge in [0.15, 0.2) is 0 Å². The fourth-order valence-corrected chi connectivity index (χ4v) is 3.72. The molecule has 1 unspecified atom stereocenters. The first-order valence-corrected chi connectivity index (χ1v) is 7.05. The normalized spacial score (nSPS) is 20.1. The minimum atomic E-state index is -0.262. The van der Waals surface area contributed by atoms with Gasteiger partial charge in [-0.3, -0.25) is 4.79 Å². The maximum atomic E-state index is 11.2. The number of hydrogen-bond donors (Lipinski definition) is 2. The number of amides is 1. The third kappa shape index (κ3) is 1.92. The van der Waals surface area contributed by atoms with Crippen LogP contribution in [0.5, 0.6) is 0 Å². The number of benzene rings is 1. The van der Waals surface area contributed by atoms with E-state index in [1.54, 1.807) is 0 Å². The molecule has 1 aliphatic rings. The summed E-state index contributed by atoms with van der Waals surface area (Å²) in [5, 5.41) is 5.94. The van der Waals surface area contributed by atoms with Crippen LogP contribution in [-0.4, -0.2) is 26.3 Å². The Kier molecular flexibility index (Phi) is 2.57. The van der Waals surface area contributed by atoms with Gasteiger partial charge in [-0.1, -0.05) is 30.4 Å². The Morgan fingerprint density at radius 1 is 1.35 bits per heavy atom. The van der Waals surface area contributed by atoms with Crippen molar-refractivity contribution >= 4 is 49.2 Å². The minimum absolute atomic E-state index is 0.0226. The molecule has 0 radical (unpaired) electrons. The first kappa shape index (κ1) is 10.7. The van der Waals surface area contributed by atoms with Gasteiger partial charge >= 0.3 is 0 Å². The number of hydrogen-bond acceptors (Lipinski definition) is 2. The Labute approximate surface area is 106 Å². The van der Waals surface area contributed by atoms with E-state index in [-0.39, 0.29) is 16.4 Å². The van der Waals surface area contributed by atoms with E-state index >= 15 is 0 Å². The Bertz CT molecular complexity index is 657. The monoisotopic (exact) mass is 262 g/mol. The molecule has 17 heavy (non-hydrogen) atoms. The summed E-state index contributed by atoms with van der Waals surface area (Å²) < 4.78 is 0.653. The quantitative estimate of drug-likeness (QED) is 0.772. The summed E-state index contributed by atoms with van der Waals surface area (Å²) in [6, 6.07) is 8.10. The van der Waals surface area contributed by atoms with Crippen molar-refractivity contribution in [3.8, 4) is 0 Å². The summed E-state index contributed by atoms with van der Waals surface area (Å²) >= 11 is 5.15. The predicted octanol–water partition coefficient (Wildman–Crippen LogP) is 2.00. The summed E-state index contributed by atoms with van der Waals surface area (Å²) in [6.45, 7) is 0. The van der Waals surface area contributed by atoms with Crippen LogP contribution < -0.4 is 5.32 Å². The fraction of sp³-hybridized carbons (Fsp3) is 0.0833. The molecule has 2 N–H and O–H groups in total. The van der Waals surface area contributed by atoms with Crippen LogP contribution in [0.2, 0.25) is 0 Å². The summed E-state index contributed by atoms with van der Waals surface area (Å²) in [4.78, 5) is 14.4. The number of carbonyl (C=O) groups is 1. The summed E-state index contributed by atoms with van der Waals surface area (Å²) in [6.07, 6.45) is 1.96. The zero-order valence-electron chi connectivity index (χ0n) is 8.90. The van der Waals surface area contributed by atoms with Crippen LogP contribution >= 0.6 is 22.7 Å². The number of thiocarbonyl (C=S) groups is 1. The van der Waals surface area contributed by atoms with Gasteiger partial charge in [-0.05, 0) is 11.4 Å². The minimum Gasteiger partial charge on any atom is -0.361 e. The lowest BCUT2D eigenvalue weighted by Gasteiger charge is -1.96. The van der Waals surface area contributed by atoms with Gasteiger partial charge in [0.05, 0.1) is 5.75 Å². The second kappa shape index (κ2) is 4.09. The van der Waals surface area contributed by atoms with E-state index in [2.05, 4.69) is 21.7 Å². The lowest BCUT2D eigenvalue weighted by Crippen LogP contribution is -2.18. The lowest BCUT2D eigenvalue weighted by molar-refractivity contribution is -0.116. The van der Waals surface area contributed by atoms with Crippen molar-refractivity contribution in [1.82, 2.24) is 10.3 Å². The van der Waals surface area contributed by atoms with Gasteiger partial charge < -0.3 is 10.3 Å². The van der Waals surface area contributed by atoms with Crippen LogP contribution in [0.4, 0.5) is 0 Å². The molecule has 3 nitrogen and oxygen atoms in total. The molecule has 3 rings (SSSR count). The molecule has 1 aromatic carbocycles. The van der Waals surface area contributed by atoms with Gasteiger partial charge in [-0.25, -0.2) is 0 Å². The standard InChI is InChI=1S/C12H10N2OS2/c15-11-7-17(12(16)14-11)6-8-5-13-10-4-2-1-3-9(8)10/h1-6,13H,7H2,(H,14,15,16). The molecule has 0 aliphatic carbocycles. The average molecular weight is 262 g/mol. The molecule has 0 spiro atoms. The highest BCUT2D eigenvalue weighted by Crippen LogP contribution is 2.23. The van der Waals surface area contributed by atoms with Crippen LogP contribution in [-0.2, 0) is 4.79 Å². The van der Waals surface area contributed by atoms with E-state index in [9.17, 15) is 4.79 Å². The Morgan fingerprint density at radius 3 is 2.94 bits per heavy atom. The molecule has 5 heteroatoms. The molecule has 1 fully saturated rings. The number of aromatic amines is 1.